The number of nitrogens with zero attached hydrogens (tertiary/aromatic N) is 2. The van der Waals surface area contributed by atoms with Crippen molar-refractivity contribution in [2.45, 2.75) is 31.9 Å². The molecule has 9 heteroatoms. The first-order chi connectivity index (χ1) is 14.7. The molecule has 0 radical (unpaired) electrons. The Balaban J connectivity index is 0.00000341. The zero-order valence-electron chi connectivity index (χ0n) is 17.7. The molecule has 2 N–H and O–H groups in total. The standard InChI is InChI=1S/C22H29FN4O3.HI/c1-24-22(25-11-3-12-28-16-20-4-2-13-29-20)27-15-17-5-10-21(26-14-17)30-19-8-6-18(23)7-9-19;/h5-10,14,20H,2-4,11-13,15-16H2,1H3,(H2,24,25,27);1H. The molecule has 170 valence electrons. The third kappa shape index (κ3) is 9.36. The number of hydrogen-bond acceptors (Lipinski definition) is 5. The Labute approximate surface area is 199 Å². The van der Waals surface area contributed by atoms with Gasteiger partial charge in [0.25, 0.3) is 0 Å². The average molecular weight is 544 g/mol. The third-order valence-electron chi connectivity index (χ3n) is 4.60. The van der Waals surface area contributed by atoms with E-state index < -0.39 is 0 Å². The van der Waals surface area contributed by atoms with E-state index in [9.17, 15) is 4.39 Å². The van der Waals surface area contributed by atoms with E-state index in [1.807, 2.05) is 6.07 Å². The molecule has 0 spiro atoms. The zero-order chi connectivity index (χ0) is 21.0. The van der Waals surface area contributed by atoms with Crippen molar-refractivity contribution in [1.29, 1.82) is 0 Å². The lowest BCUT2D eigenvalue weighted by Gasteiger charge is -2.13. The molecule has 3 rings (SSSR count). The van der Waals surface area contributed by atoms with E-state index in [0.717, 1.165) is 43.9 Å². The Hall–Kier alpha value is -1.98. The maximum Gasteiger partial charge on any atom is 0.219 e. The molecule has 0 saturated carbocycles. The minimum absolute atomic E-state index is 0. The molecule has 2 heterocycles. The van der Waals surface area contributed by atoms with Gasteiger partial charge in [-0.1, -0.05) is 6.07 Å². The summed E-state index contributed by atoms with van der Waals surface area (Å²) in [5.41, 5.74) is 0.990. The number of guanidine groups is 1. The fourth-order valence-corrected chi connectivity index (χ4v) is 2.98. The van der Waals surface area contributed by atoms with E-state index >= 15 is 0 Å². The van der Waals surface area contributed by atoms with Crippen molar-refractivity contribution in [1.82, 2.24) is 15.6 Å². The molecule has 1 aromatic carbocycles. The molecule has 0 aliphatic carbocycles. The van der Waals surface area contributed by atoms with Gasteiger partial charge in [0, 0.05) is 45.6 Å². The van der Waals surface area contributed by atoms with Gasteiger partial charge in [0.1, 0.15) is 11.6 Å². The van der Waals surface area contributed by atoms with Crippen LogP contribution in [0.1, 0.15) is 24.8 Å². The molecule has 7 nitrogen and oxygen atoms in total. The molecular formula is C22H30FIN4O3. The Morgan fingerprint density at radius 1 is 1.23 bits per heavy atom. The zero-order valence-corrected chi connectivity index (χ0v) is 20.0. The molecule has 1 atom stereocenters. The SMILES string of the molecule is CN=C(NCCCOCC1CCCO1)NCc1ccc(Oc2ccc(F)cc2)nc1.I. The van der Waals surface area contributed by atoms with Gasteiger partial charge < -0.3 is 24.8 Å². The number of benzene rings is 1. The van der Waals surface area contributed by atoms with Crippen LogP contribution < -0.4 is 15.4 Å². The summed E-state index contributed by atoms with van der Waals surface area (Å²) in [5.74, 6) is 1.42. The lowest BCUT2D eigenvalue weighted by atomic mass is 10.2. The van der Waals surface area contributed by atoms with Crippen LogP contribution in [-0.2, 0) is 16.0 Å². The minimum atomic E-state index is -0.301. The maximum absolute atomic E-state index is 12.9. The Morgan fingerprint density at radius 3 is 2.74 bits per heavy atom. The predicted molar refractivity (Wildman–Crippen MR) is 129 cm³/mol. The van der Waals surface area contributed by atoms with E-state index in [2.05, 4.69) is 20.6 Å². The number of rotatable bonds is 10. The van der Waals surface area contributed by atoms with Crippen molar-refractivity contribution in [2.75, 3.05) is 33.4 Å². The van der Waals surface area contributed by atoms with Gasteiger partial charge in [-0.2, -0.15) is 0 Å². The first-order valence-corrected chi connectivity index (χ1v) is 10.2. The summed E-state index contributed by atoms with van der Waals surface area (Å²) >= 11 is 0. The Morgan fingerprint density at radius 2 is 2.06 bits per heavy atom. The van der Waals surface area contributed by atoms with Crippen LogP contribution >= 0.6 is 24.0 Å². The number of nitrogens with one attached hydrogen (secondary N) is 2. The molecule has 0 bridgehead atoms. The molecule has 0 amide bonds. The second kappa shape index (κ2) is 14.2. The van der Waals surface area contributed by atoms with Crippen LogP contribution in [0.2, 0.25) is 0 Å². The van der Waals surface area contributed by atoms with Crippen molar-refractivity contribution in [3.8, 4) is 11.6 Å². The van der Waals surface area contributed by atoms with Gasteiger partial charge in [-0.15, -0.1) is 24.0 Å². The van der Waals surface area contributed by atoms with Crippen molar-refractivity contribution in [3.05, 3.63) is 54.0 Å². The summed E-state index contributed by atoms with van der Waals surface area (Å²) < 4.78 is 29.7. The molecule has 1 unspecified atom stereocenters. The molecule has 1 aliphatic heterocycles. The summed E-state index contributed by atoms with van der Waals surface area (Å²) in [7, 11) is 1.74. The van der Waals surface area contributed by atoms with Crippen LogP contribution in [0.3, 0.4) is 0 Å². The van der Waals surface area contributed by atoms with Crippen LogP contribution in [0, 0.1) is 5.82 Å². The lowest BCUT2D eigenvalue weighted by Crippen LogP contribution is -2.37. The van der Waals surface area contributed by atoms with Crippen LogP contribution in [0.4, 0.5) is 4.39 Å². The molecule has 1 aromatic heterocycles. The molecule has 31 heavy (non-hydrogen) atoms. The summed E-state index contributed by atoms with van der Waals surface area (Å²) in [5, 5.41) is 6.52. The molecule has 1 saturated heterocycles. The summed E-state index contributed by atoms with van der Waals surface area (Å²) in [4.78, 5) is 8.51. The van der Waals surface area contributed by atoms with E-state index in [0.29, 0.717) is 31.4 Å². The maximum atomic E-state index is 12.9. The number of aromatic nitrogens is 1. The van der Waals surface area contributed by atoms with Crippen LogP contribution in [0.5, 0.6) is 11.6 Å². The number of ether oxygens (including phenoxy) is 3. The van der Waals surface area contributed by atoms with Gasteiger partial charge in [0.05, 0.1) is 12.7 Å². The largest absolute Gasteiger partial charge is 0.439 e. The fourth-order valence-electron chi connectivity index (χ4n) is 2.98. The number of pyridine rings is 1. The van der Waals surface area contributed by atoms with Gasteiger partial charge in [0.2, 0.25) is 5.88 Å². The van der Waals surface area contributed by atoms with Crippen molar-refractivity contribution in [3.63, 3.8) is 0 Å². The van der Waals surface area contributed by atoms with E-state index in [4.69, 9.17) is 14.2 Å². The van der Waals surface area contributed by atoms with Crippen molar-refractivity contribution < 1.29 is 18.6 Å². The van der Waals surface area contributed by atoms with Crippen LogP contribution in [0.15, 0.2) is 47.6 Å². The Bertz CT molecular complexity index is 784. The highest BCUT2D eigenvalue weighted by molar-refractivity contribution is 14.0. The second-order valence-corrected chi connectivity index (χ2v) is 6.98. The first-order valence-electron chi connectivity index (χ1n) is 10.2. The number of halogens is 2. The fraction of sp³-hybridized carbons (Fsp3) is 0.455. The normalized spacial score (nSPS) is 15.9. The van der Waals surface area contributed by atoms with Crippen LogP contribution in [0.25, 0.3) is 0 Å². The van der Waals surface area contributed by atoms with Gasteiger partial charge in [0.15, 0.2) is 5.96 Å². The quantitative estimate of drug-likeness (QED) is 0.205. The molecule has 2 aromatic rings. The van der Waals surface area contributed by atoms with Gasteiger partial charge in [-0.05, 0) is 49.1 Å². The van der Waals surface area contributed by atoms with Gasteiger partial charge in [-0.3, -0.25) is 4.99 Å². The van der Waals surface area contributed by atoms with E-state index in [1.54, 1.807) is 31.4 Å². The first kappa shape index (κ1) is 25.3. The molecular weight excluding hydrogens is 514 g/mol. The lowest BCUT2D eigenvalue weighted by molar-refractivity contribution is 0.0168. The smallest absolute Gasteiger partial charge is 0.219 e. The van der Waals surface area contributed by atoms with E-state index in [-0.39, 0.29) is 35.9 Å². The summed E-state index contributed by atoms with van der Waals surface area (Å²) in [6, 6.07) is 9.53. The van der Waals surface area contributed by atoms with E-state index in [1.165, 1.54) is 12.1 Å². The molecule has 1 fully saturated rings. The monoisotopic (exact) mass is 544 g/mol. The molecule has 1 aliphatic rings. The van der Waals surface area contributed by atoms with Gasteiger partial charge in [-0.25, -0.2) is 9.37 Å². The second-order valence-electron chi connectivity index (χ2n) is 6.98. The van der Waals surface area contributed by atoms with Crippen LogP contribution in [-0.4, -0.2) is 50.5 Å². The summed E-state index contributed by atoms with van der Waals surface area (Å²) in [6.07, 6.45) is 5.14. The number of aliphatic imine (C=N–C) groups is 1. The topological polar surface area (TPSA) is 77.0 Å². The Kier molecular flexibility index (Phi) is 11.5. The van der Waals surface area contributed by atoms with Crippen molar-refractivity contribution >= 4 is 29.9 Å². The predicted octanol–water partition coefficient (Wildman–Crippen LogP) is 3.88. The highest BCUT2D eigenvalue weighted by Crippen LogP contribution is 2.19. The van der Waals surface area contributed by atoms with Crippen molar-refractivity contribution in [2.24, 2.45) is 4.99 Å². The van der Waals surface area contributed by atoms with Gasteiger partial charge >= 0.3 is 0 Å². The average Bonchev–Trinajstić information content (AvgIpc) is 3.29. The highest BCUT2D eigenvalue weighted by Gasteiger charge is 2.14. The number of hydrogen-bond donors (Lipinski definition) is 2. The highest BCUT2D eigenvalue weighted by atomic mass is 127. The summed E-state index contributed by atoms with van der Waals surface area (Å²) in [6.45, 7) is 3.59. The minimum Gasteiger partial charge on any atom is -0.439 e. The third-order valence-corrected chi connectivity index (χ3v) is 4.60.